The third-order valence-corrected chi connectivity index (χ3v) is 3.89. The number of carbonyl (C=O) groups is 1. The lowest BCUT2D eigenvalue weighted by Crippen LogP contribution is -2.38. The Hall–Kier alpha value is -2.45. The maximum atomic E-state index is 12.8. The number of amides is 1. The molecule has 0 saturated carbocycles. The van der Waals surface area contributed by atoms with Crippen molar-refractivity contribution in [3.63, 3.8) is 0 Å². The summed E-state index contributed by atoms with van der Waals surface area (Å²) in [5.74, 6) is -0.0461. The first-order chi connectivity index (χ1) is 11.4. The lowest BCUT2D eigenvalue weighted by molar-refractivity contribution is -0.137. The van der Waals surface area contributed by atoms with Crippen molar-refractivity contribution in [1.82, 2.24) is 25.1 Å². The number of aromatic nitrogens is 4. The molecule has 1 aliphatic heterocycles. The lowest BCUT2D eigenvalue weighted by Gasteiger charge is -2.26. The summed E-state index contributed by atoms with van der Waals surface area (Å²) >= 11 is 0. The average Bonchev–Trinajstić information content (AvgIpc) is 3.03. The topological polar surface area (TPSA) is 63.9 Å². The predicted molar refractivity (Wildman–Crippen MR) is 78.7 cm³/mol. The zero-order valence-electron chi connectivity index (χ0n) is 12.8. The average molecular weight is 339 g/mol. The Morgan fingerprint density at radius 1 is 1.17 bits per heavy atom. The number of rotatable bonds is 3. The van der Waals surface area contributed by atoms with Crippen LogP contribution >= 0.6 is 0 Å². The van der Waals surface area contributed by atoms with Crippen LogP contribution in [-0.4, -0.2) is 44.1 Å². The molecule has 2 heterocycles. The van der Waals surface area contributed by atoms with E-state index in [-0.39, 0.29) is 23.8 Å². The first-order valence-electron chi connectivity index (χ1n) is 7.67. The monoisotopic (exact) mass is 339 g/mol. The Labute approximate surface area is 136 Å². The normalized spacial score (nSPS) is 15.5. The standard InChI is InChI=1S/C15H16F3N5O/c16-15(17,18)12-6-4-5-11(9-12)14-19-21-23(20-14)10-13(24)22-7-2-1-3-8-22/h4-6,9H,1-3,7-8,10H2. The van der Waals surface area contributed by atoms with Crippen molar-refractivity contribution >= 4 is 5.91 Å². The van der Waals surface area contributed by atoms with E-state index in [2.05, 4.69) is 15.4 Å². The van der Waals surface area contributed by atoms with Crippen LogP contribution in [0.1, 0.15) is 24.8 Å². The van der Waals surface area contributed by atoms with Gasteiger partial charge in [0.25, 0.3) is 0 Å². The summed E-state index contributed by atoms with van der Waals surface area (Å²) in [5.41, 5.74) is -0.567. The number of likely N-dealkylation sites (tertiary alicyclic amines) is 1. The number of carbonyl (C=O) groups excluding carboxylic acids is 1. The molecule has 0 unspecified atom stereocenters. The molecule has 24 heavy (non-hydrogen) atoms. The van der Waals surface area contributed by atoms with Gasteiger partial charge in [-0.25, -0.2) is 0 Å². The minimum atomic E-state index is -4.43. The van der Waals surface area contributed by atoms with Crippen LogP contribution in [0, 0.1) is 0 Å². The molecule has 1 amide bonds. The van der Waals surface area contributed by atoms with Crippen molar-refractivity contribution in [2.24, 2.45) is 0 Å². The molecule has 9 heteroatoms. The van der Waals surface area contributed by atoms with Gasteiger partial charge in [0, 0.05) is 18.7 Å². The van der Waals surface area contributed by atoms with E-state index in [0.29, 0.717) is 13.1 Å². The van der Waals surface area contributed by atoms with E-state index in [1.807, 2.05) is 0 Å². The number of alkyl halides is 3. The molecule has 6 nitrogen and oxygen atoms in total. The molecule has 0 radical (unpaired) electrons. The summed E-state index contributed by atoms with van der Waals surface area (Å²) in [7, 11) is 0. The summed E-state index contributed by atoms with van der Waals surface area (Å²) in [6, 6.07) is 4.71. The highest BCUT2D eigenvalue weighted by atomic mass is 19.4. The van der Waals surface area contributed by atoms with Crippen LogP contribution in [0.25, 0.3) is 11.4 Å². The van der Waals surface area contributed by atoms with Gasteiger partial charge in [0.2, 0.25) is 11.7 Å². The van der Waals surface area contributed by atoms with Crippen molar-refractivity contribution < 1.29 is 18.0 Å². The quantitative estimate of drug-likeness (QED) is 0.861. The van der Waals surface area contributed by atoms with Crippen molar-refractivity contribution in [3.8, 4) is 11.4 Å². The predicted octanol–water partition coefficient (Wildman–Crippen LogP) is 2.37. The summed E-state index contributed by atoms with van der Waals surface area (Å²) < 4.78 is 38.3. The number of hydrogen-bond acceptors (Lipinski definition) is 4. The molecule has 3 rings (SSSR count). The highest BCUT2D eigenvalue weighted by Crippen LogP contribution is 2.31. The lowest BCUT2D eigenvalue weighted by atomic mass is 10.1. The van der Waals surface area contributed by atoms with Crippen LogP contribution in [0.5, 0.6) is 0 Å². The summed E-state index contributed by atoms with van der Waals surface area (Å²) in [6.45, 7) is 1.37. The fourth-order valence-electron chi connectivity index (χ4n) is 2.62. The molecular formula is C15H16F3N5O. The van der Waals surface area contributed by atoms with Crippen molar-refractivity contribution in [3.05, 3.63) is 29.8 Å². The molecule has 1 saturated heterocycles. The van der Waals surface area contributed by atoms with Crippen LogP contribution < -0.4 is 0 Å². The van der Waals surface area contributed by atoms with Gasteiger partial charge in [0.15, 0.2) is 0 Å². The first-order valence-corrected chi connectivity index (χ1v) is 7.67. The Balaban J connectivity index is 1.72. The molecule has 0 aliphatic carbocycles. The molecule has 2 aromatic rings. The number of tetrazole rings is 1. The second-order valence-electron chi connectivity index (χ2n) is 5.66. The molecule has 0 atom stereocenters. The van der Waals surface area contributed by atoms with Crippen LogP contribution in [-0.2, 0) is 17.5 Å². The summed E-state index contributed by atoms with van der Waals surface area (Å²) in [4.78, 5) is 15.0. The molecule has 0 spiro atoms. The van der Waals surface area contributed by atoms with Gasteiger partial charge >= 0.3 is 6.18 Å². The van der Waals surface area contributed by atoms with E-state index in [9.17, 15) is 18.0 Å². The smallest absolute Gasteiger partial charge is 0.341 e. The SMILES string of the molecule is O=C(Cn1nnc(-c2cccc(C(F)(F)F)c2)n1)N1CCCCC1. The number of hydrogen-bond donors (Lipinski definition) is 0. The molecule has 0 N–H and O–H groups in total. The summed E-state index contributed by atoms with van der Waals surface area (Å²) in [5, 5.41) is 11.5. The van der Waals surface area contributed by atoms with E-state index >= 15 is 0 Å². The van der Waals surface area contributed by atoms with Gasteiger partial charge in [-0.3, -0.25) is 4.79 Å². The Bertz CT molecular complexity index is 722. The van der Waals surface area contributed by atoms with Crippen LogP contribution in [0.2, 0.25) is 0 Å². The van der Waals surface area contributed by atoms with Crippen molar-refractivity contribution in [2.45, 2.75) is 32.0 Å². The van der Waals surface area contributed by atoms with Crippen LogP contribution in [0.3, 0.4) is 0 Å². The zero-order chi connectivity index (χ0) is 17.2. The highest BCUT2D eigenvalue weighted by molar-refractivity contribution is 5.75. The molecule has 1 fully saturated rings. The molecular weight excluding hydrogens is 323 g/mol. The molecule has 1 aromatic heterocycles. The van der Waals surface area contributed by atoms with E-state index in [1.165, 1.54) is 12.1 Å². The van der Waals surface area contributed by atoms with Gasteiger partial charge < -0.3 is 4.90 Å². The van der Waals surface area contributed by atoms with E-state index in [1.54, 1.807) is 4.90 Å². The first kappa shape index (κ1) is 16.4. The maximum Gasteiger partial charge on any atom is 0.416 e. The van der Waals surface area contributed by atoms with E-state index < -0.39 is 11.7 Å². The fraction of sp³-hybridized carbons (Fsp3) is 0.467. The second-order valence-corrected chi connectivity index (χ2v) is 5.66. The number of piperidine rings is 1. The molecule has 1 aromatic carbocycles. The minimum absolute atomic E-state index is 0.0625. The molecule has 1 aliphatic rings. The van der Waals surface area contributed by atoms with Gasteiger partial charge in [-0.15, -0.1) is 10.2 Å². The van der Waals surface area contributed by atoms with Gasteiger partial charge in [-0.2, -0.15) is 18.0 Å². The Kier molecular flexibility index (Phi) is 4.50. The Morgan fingerprint density at radius 3 is 2.62 bits per heavy atom. The number of halogens is 3. The second kappa shape index (κ2) is 6.58. The zero-order valence-corrected chi connectivity index (χ0v) is 12.8. The van der Waals surface area contributed by atoms with Crippen LogP contribution in [0.15, 0.2) is 24.3 Å². The van der Waals surface area contributed by atoms with Gasteiger partial charge in [-0.05, 0) is 36.6 Å². The number of nitrogens with zero attached hydrogens (tertiary/aromatic N) is 5. The Morgan fingerprint density at radius 2 is 1.92 bits per heavy atom. The molecule has 0 bridgehead atoms. The van der Waals surface area contributed by atoms with Gasteiger partial charge in [0.05, 0.1) is 5.56 Å². The van der Waals surface area contributed by atoms with Gasteiger partial charge in [0.1, 0.15) is 6.54 Å². The fourth-order valence-corrected chi connectivity index (χ4v) is 2.62. The van der Waals surface area contributed by atoms with Crippen molar-refractivity contribution in [1.29, 1.82) is 0 Å². The van der Waals surface area contributed by atoms with Crippen molar-refractivity contribution in [2.75, 3.05) is 13.1 Å². The third kappa shape index (κ3) is 3.72. The third-order valence-electron chi connectivity index (χ3n) is 3.89. The maximum absolute atomic E-state index is 12.8. The molecule has 128 valence electrons. The largest absolute Gasteiger partial charge is 0.416 e. The summed E-state index contributed by atoms with van der Waals surface area (Å²) in [6.07, 6.45) is -1.36. The number of benzene rings is 1. The van der Waals surface area contributed by atoms with E-state index in [4.69, 9.17) is 0 Å². The minimum Gasteiger partial charge on any atom is -0.341 e. The van der Waals surface area contributed by atoms with Crippen LogP contribution in [0.4, 0.5) is 13.2 Å². The van der Waals surface area contributed by atoms with E-state index in [0.717, 1.165) is 36.2 Å². The van der Waals surface area contributed by atoms with Gasteiger partial charge in [-0.1, -0.05) is 12.1 Å². The highest BCUT2D eigenvalue weighted by Gasteiger charge is 2.30.